The topological polar surface area (TPSA) is 66.5 Å². The lowest BCUT2D eigenvalue weighted by molar-refractivity contribution is 0.188. The van der Waals surface area contributed by atoms with Gasteiger partial charge in [-0.15, -0.1) is 0 Å². The number of hydrogen-bond acceptors (Lipinski definition) is 4. The number of methoxy groups -OCH3 is 1. The Kier molecular flexibility index (Phi) is 5.61. The number of carbonyl (C=O) groups is 1. The Labute approximate surface area is 119 Å². The van der Waals surface area contributed by atoms with Crippen molar-refractivity contribution in [2.24, 2.45) is 0 Å². The highest BCUT2D eigenvalue weighted by Crippen LogP contribution is 2.14. The molecule has 1 fully saturated rings. The number of carbonyl (C=O) groups excluding carboxylic acids is 1. The van der Waals surface area contributed by atoms with Gasteiger partial charge >= 0.3 is 6.03 Å². The number of urea groups is 1. The van der Waals surface area contributed by atoms with Gasteiger partial charge in [-0.2, -0.15) is 0 Å². The number of aromatic nitrogens is 1. The van der Waals surface area contributed by atoms with Gasteiger partial charge < -0.3 is 20.3 Å². The Morgan fingerprint density at radius 1 is 1.60 bits per heavy atom. The minimum absolute atomic E-state index is 0.0107. The Balaban J connectivity index is 1.70. The van der Waals surface area contributed by atoms with Crippen LogP contribution in [0.4, 0.5) is 10.5 Å². The van der Waals surface area contributed by atoms with Gasteiger partial charge in [-0.1, -0.05) is 0 Å². The van der Waals surface area contributed by atoms with Crippen molar-refractivity contribution >= 4 is 11.7 Å². The summed E-state index contributed by atoms with van der Waals surface area (Å²) < 4.78 is 4.95. The van der Waals surface area contributed by atoms with E-state index in [-0.39, 0.29) is 6.03 Å². The third kappa shape index (κ3) is 4.38. The normalized spacial score (nSPS) is 18.1. The molecule has 0 aliphatic carbocycles. The van der Waals surface area contributed by atoms with Crippen LogP contribution in [0.5, 0.6) is 0 Å². The van der Waals surface area contributed by atoms with Crippen LogP contribution in [0.25, 0.3) is 0 Å². The highest BCUT2D eigenvalue weighted by atomic mass is 16.5. The van der Waals surface area contributed by atoms with Crippen LogP contribution in [0.1, 0.15) is 12.8 Å². The molecule has 20 heavy (non-hydrogen) atoms. The van der Waals surface area contributed by atoms with Crippen LogP contribution in [-0.4, -0.2) is 55.3 Å². The van der Waals surface area contributed by atoms with Gasteiger partial charge in [0, 0.05) is 51.8 Å². The van der Waals surface area contributed by atoms with Crippen LogP contribution in [0.3, 0.4) is 0 Å². The fraction of sp³-hybridized carbons (Fsp3) is 0.571. The van der Waals surface area contributed by atoms with Gasteiger partial charge in [0.25, 0.3) is 0 Å². The molecule has 0 bridgehead atoms. The predicted molar refractivity (Wildman–Crippen MR) is 77.7 cm³/mol. The van der Waals surface area contributed by atoms with Crippen molar-refractivity contribution in [1.82, 2.24) is 15.2 Å². The zero-order chi connectivity index (χ0) is 14.2. The molecule has 1 aromatic rings. The summed E-state index contributed by atoms with van der Waals surface area (Å²) in [4.78, 5) is 17.9. The molecule has 0 radical (unpaired) electrons. The highest BCUT2D eigenvalue weighted by Gasteiger charge is 2.25. The minimum atomic E-state index is 0.0107. The van der Waals surface area contributed by atoms with E-state index in [9.17, 15) is 4.79 Å². The van der Waals surface area contributed by atoms with Crippen LogP contribution in [-0.2, 0) is 4.74 Å². The third-order valence-corrected chi connectivity index (χ3v) is 3.31. The Morgan fingerprint density at radius 3 is 3.25 bits per heavy atom. The fourth-order valence-corrected chi connectivity index (χ4v) is 2.27. The maximum Gasteiger partial charge on any atom is 0.317 e. The summed E-state index contributed by atoms with van der Waals surface area (Å²) in [7, 11) is 1.66. The quantitative estimate of drug-likeness (QED) is 0.770. The van der Waals surface area contributed by atoms with Crippen molar-refractivity contribution in [3.8, 4) is 0 Å². The van der Waals surface area contributed by atoms with Crippen molar-refractivity contribution < 1.29 is 9.53 Å². The lowest BCUT2D eigenvalue weighted by Gasteiger charge is -2.18. The average molecular weight is 278 g/mol. The first-order valence-electron chi connectivity index (χ1n) is 6.98. The van der Waals surface area contributed by atoms with Crippen molar-refractivity contribution in [2.45, 2.75) is 18.9 Å². The first-order chi connectivity index (χ1) is 9.79. The molecule has 1 aliphatic rings. The maximum atomic E-state index is 11.9. The molecule has 2 heterocycles. The Hall–Kier alpha value is -1.82. The molecule has 2 N–H and O–H groups in total. The summed E-state index contributed by atoms with van der Waals surface area (Å²) in [6, 6.07) is 4.19. The van der Waals surface area contributed by atoms with Crippen LogP contribution in [0.2, 0.25) is 0 Å². The van der Waals surface area contributed by atoms with Gasteiger partial charge in [-0.05, 0) is 25.0 Å². The predicted octanol–water partition coefficient (Wildman–Crippen LogP) is 1.31. The number of hydrogen-bond donors (Lipinski definition) is 2. The van der Waals surface area contributed by atoms with E-state index in [0.29, 0.717) is 19.2 Å². The Bertz CT molecular complexity index is 413. The Morgan fingerprint density at radius 2 is 2.50 bits per heavy atom. The number of nitrogens with zero attached hydrogens (tertiary/aromatic N) is 2. The SMILES string of the molecule is COCCCNC(=O)N1CCC(Nc2cccnc2)C1. The third-order valence-electron chi connectivity index (χ3n) is 3.31. The van der Waals surface area contributed by atoms with Gasteiger partial charge in [0.15, 0.2) is 0 Å². The lowest BCUT2D eigenvalue weighted by Crippen LogP contribution is -2.40. The molecule has 1 unspecified atom stereocenters. The van der Waals surface area contributed by atoms with Gasteiger partial charge in [-0.3, -0.25) is 4.98 Å². The number of likely N-dealkylation sites (tertiary alicyclic amines) is 1. The molecule has 2 rings (SSSR count). The average Bonchev–Trinajstić information content (AvgIpc) is 2.93. The van der Waals surface area contributed by atoms with Crippen LogP contribution < -0.4 is 10.6 Å². The van der Waals surface area contributed by atoms with Crippen LogP contribution in [0, 0.1) is 0 Å². The smallest absolute Gasteiger partial charge is 0.317 e. The molecular weight excluding hydrogens is 256 g/mol. The number of anilines is 1. The largest absolute Gasteiger partial charge is 0.385 e. The lowest BCUT2D eigenvalue weighted by atomic mass is 10.2. The summed E-state index contributed by atoms with van der Waals surface area (Å²) in [5.74, 6) is 0. The second kappa shape index (κ2) is 7.69. The second-order valence-electron chi connectivity index (χ2n) is 4.90. The summed E-state index contributed by atoms with van der Waals surface area (Å²) in [5.41, 5.74) is 1.000. The molecule has 1 aliphatic heterocycles. The molecule has 1 aromatic heterocycles. The van der Waals surface area contributed by atoms with E-state index in [1.54, 1.807) is 19.5 Å². The fourth-order valence-electron chi connectivity index (χ4n) is 2.27. The zero-order valence-corrected chi connectivity index (χ0v) is 11.8. The molecule has 1 atom stereocenters. The summed E-state index contributed by atoms with van der Waals surface area (Å²) in [5, 5.41) is 6.31. The first-order valence-corrected chi connectivity index (χ1v) is 6.98. The van der Waals surface area contributed by atoms with Crippen molar-refractivity contribution in [2.75, 3.05) is 38.7 Å². The molecule has 0 saturated carbocycles. The first kappa shape index (κ1) is 14.6. The van der Waals surface area contributed by atoms with E-state index < -0.39 is 0 Å². The summed E-state index contributed by atoms with van der Waals surface area (Å²) in [6.45, 7) is 2.84. The minimum Gasteiger partial charge on any atom is -0.385 e. The molecule has 1 saturated heterocycles. The van der Waals surface area contributed by atoms with E-state index in [2.05, 4.69) is 15.6 Å². The van der Waals surface area contributed by atoms with Crippen LogP contribution in [0.15, 0.2) is 24.5 Å². The summed E-state index contributed by atoms with van der Waals surface area (Å²) >= 11 is 0. The van der Waals surface area contributed by atoms with Gasteiger partial charge in [0.05, 0.1) is 5.69 Å². The number of amides is 2. The van der Waals surface area contributed by atoms with E-state index >= 15 is 0 Å². The standard InChI is InChI=1S/C14H22N4O2/c1-20-9-3-7-16-14(19)18-8-5-13(11-18)17-12-4-2-6-15-10-12/h2,4,6,10,13,17H,3,5,7-9,11H2,1H3,(H,16,19). The van der Waals surface area contributed by atoms with E-state index in [4.69, 9.17) is 4.74 Å². The monoisotopic (exact) mass is 278 g/mol. The molecular formula is C14H22N4O2. The van der Waals surface area contributed by atoms with Gasteiger partial charge in [0.2, 0.25) is 0 Å². The molecule has 2 amide bonds. The zero-order valence-electron chi connectivity index (χ0n) is 11.8. The number of rotatable bonds is 6. The molecule has 6 nitrogen and oxygen atoms in total. The number of ether oxygens (including phenoxy) is 1. The second-order valence-corrected chi connectivity index (χ2v) is 4.90. The molecule has 6 heteroatoms. The van der Waals surface area contributed by atoms with Gasteiger partial charge in [0.1, 0.15) is 0 Å². The van der Waals surface area contributed by atoms with Crippen molar-refractivity contribution in [3.05, 3.63) is 24.5 Å². The summed E-state index contributed by atoms with van der Waals surface area (Å²) in [6.07, 6.45) is 5.35. The highest BCUT2D eigenvalue weighted by molar-refractivity contribution is 5.74. The molecule has 110 valence electrons. The number of nitrogens with one attached hydrogen (secondary N) is 2. The van der Waals surface area contributed by atoms with E-state index in [1.165, 1.54) is 0 Å². The molecule has 0 spiro atoms. The molecule has 0 aromatic carbocycles. The van der Waals surface area contributed by atoms with Crippen molar-refractivity contribution in [3.63, 3.8) is 0 Å². The van der Waals surface area contributed by atoms with Crippen molar-refractivity contribution in [1.29, 1.82) is 0 Å². The van der Waals surface area contributed by atoms with Crippen LogP contribution >= 0.6 is 0 Å². The van der Waals surface area contributed by atoms with E-state index in [1.807, 2.05) is 17.0 Å². The maximum absolute atomic E-state index is 11.9. The van der Waals surface area contributed by atoms with E-state index in [0.717, 1.165) is 31.6 Å². The number of pyridine rings is 1. The van der Waals surface area contributed by atoms with Gasteiger partial charge in [-0.25, -0.2) is 4.79 Å².